The SMILES string of the molecule is O=C(NCc1cccc(C(F)(F)F)c1)c1ccnc(-c2cc(N3CCCCC3)ccc2NC(=O)c2cccc(CSCCS(=O)(=O)O)c2)c1. The molecular weight excluding hydrogens is 678 g/mol. The van der Waals surface area contributed by atoms with Gasteiger partial charge in [0.1, 0.15) is 0 Å². The average Bonchev–Trinajstić information content (AvgIpc) is 3.09. The number of hydrogen-bond acceptors (Lipinski definition) is 7. The zero-order chi connectivity index (χ0) is 35.0. The largest absolute Gasteiger partial charge is 0.416 e. The molecule has 0 aliphatic carbocycles. The van der Waals surface area contributed by atoms with Crippen molar-refractivity contribution in [2.75, 3.05) is 34.8 Å². The van der Waals surface area contributed by atoms with Gasteiger partial charge in [0.2, 0.25) is 0 Å². The van der Waals surface area contributed by atoms with Crippen molar-refractivity contribution in [2.24, 2.45) is 0 Å². The van der Waals surface area contributed by atoms with E-state index in [1.54, 1.807) is 30.3 Å². The van der Waals surface area contributed by atoms with Crippen LogP contribution >= 0.6 is 11.8 Å². The molecule has 2 amide bonds. The van der Waals surface area contributed by atoms with Crippen molar-refractivity contribution in [1.29, 1.82) is 0 Å². The van der Waals surface area contributed by atoms with Crippen LogP contribution in [0.15, 0.2) is 85.1 Å². The summed E-state index contributed by atoms with van der Waals surface area (Å²) in [5.41, 5.74) is 3.36. The number of hydrogen-bond donors (Lipinski definition) is 3. The van der Waals surface area contributed by atoms with Crippen LogP contribution in [0.2, 0.25) is 0 Å². The third-order valence-electron chi connectivity index (χ3n) is 7.92. The van der Waals surface area contributed by atoms with Gasteiger partial charge in [-0.05, 0) is 85.0 Å². The van der Waals surface area contributed by atoms with E-state index in [2.05, 4.69) is 20.5 Å². The number of anilines is 2. The van der Waals surface area contributed by atoms with Crippen molar-refractivity contribution in [3.8, 4) is 11.3 Å². The van der Waals surface area contributed by atoms with Crippen LogP contribution in [0.4, 0.5) is 24.5 Å². The summed E-state index contributed by atoms with van der Waals surface area (Å²) in [7, 11) is -4.05. The van der Waals surface area contributed by atoms with E-state index in [0.717, 1.165) is 55.7 Å². The Morgan fingerprint density at radius 1 is 0.878 bits per heavy atom. The van der Waals surface area contributed by atoms with Gasteiger partial charge in [-0.1, -0.05) is 24.3 Å². The Morgan fingerprint density at radius 2 is 1.61 bits per heavy atom. The van der Waals surface area contributed by atoms with E-state index in [0.29, 0.717) is 33.8 Å². The second-order valence-electron chi connectivity index (χ2n) is 11.6. The maximum absolute atomic E-state index is 13.5. The van der Waals surface area contributed by atoms with Crippen molar-refractivity contribution < 1.29 is 35.7 Å². The van der Waals surface area contributed by atoms with Gasteiger partial charge in [0.25, 0.3) is 21.9 Å². The highest BCUT2D eigenvalue weighted by atomic mass is 32.2. The molecule has 1 aliphatic rings. The maximum Gasteiger partial charge on any atom is 0.416 e. The number of halogens is 3. The Hall–Kier alpha value is -4.40. The highest BCUT2D eigenvalue weighted by Crippen LogP contribution is 2.33. The minimum absolute atomic E-state index is 0.107. The van der Waals surface area contributed by atoms with Gasteiger partial charge in [-0.25, -0.2) is 0 Å². The molecule has 0 atom stereocenters. The van der Waals surface area contributed by atoms with Crippen LogP contribution in [0.3, 0.4) is 0 Å². The molecule has 9 nitrogen and oxygen atoms in total. The molecule has 0 spiro atoms. The summed E-state index contributed by atoms with van der Waals surface area (Å²) in [5.74, 6) is -0.589. The summed E-state index contributed by atoms with van der Waals surface area (Å²) in [6.07, 6.45) is 0.230. The van der Waals surface area contributed by atoms with Crippen molar-refractivity contribution in [3.05, 3.63) is 113 Å². The van der Waals surface area contributed by atoms with E-state index in [4.69, 9.17) is 4.55 Å². The predicted molar refractivity (Wildman–Crippen MR) is 185 cm³/mol. The fourth-order valence-corrected chi connectivity index (χ4v) is 7.29. The molecule has 1 aromatic heterocycles. The zero-order valence-electron chi connectivity index (χ0n) is 26.4. The van der Waals surface area contributed by atoms with Crippen LogP contribution in [0.1, 0.15) is 56.7 Å². The normalized spacial score (nSPS) is 13.6. The molecule has 1 aliphatic heterocycles. The van der Waals surface area contributed by atoms with E-state index in [1.807, 2.05) is 18.2 Å². The molecule has 0 bridgehead atoms. The minimum Gasteiger partial charge on any atom is -0.372 e. The standard InChI is InChI=1S/C35H35F3N4O5S2/c36-35(37,38)28-9-5-6-24(19-28)22-40-33(43)27-12-13-39-32(20-27)30-21-29(42-14-2-1-3-15-42)10-11-31(30)41-34(44)26-8-4-7-25(18-26)23-48-16-17-49(45,46)47/h4-13,18-21H,1-3,14-17,22-23H2,(H,40,43)(H,41,44)(H,45,46,47). The monoisotopic (exact) mass is 712 g/mol. The molecule has 1 saturated heterocycles. The minimum atomic E-state index is -4.49. The fraction of sp³-hybridized carbons (Fsp3) is 0.286. The first-order valence-electron chi connectivity index (χ1n) is 15.6. The van der Waals surface area contributed by atoms with Crippen LogP contribution in [-0.4, -0.2) is 54.4 Å². The number of aromatic nitrogens is 1. The molecule has 258 valence electrons. The number of carbonyl (C=O) groups excluding carboxylic acids is 2. The average molecular weight is 713 g/mol. The first-order chi connectivity index (χ1) is 23.4. The summed E-state index contributed by atoms with van der Waals surface area (Å²) in [5, 5.41) is 5.65. The molecule has 14 heteroatoms. The Balaban J connectivity index is 1.36. The van der Waals surface area contributed by atoms with Crippen molar-refractivity contribution in [2.45, 2.75) is 37.7 Å². The number of thioether (sulfide) groups is 1. The number of nitrogens with zero attached hydrogens (tertiary/aromatic N) is 2. The molecule has 5 rings (SSSR count). The Kier molecular flexibility index (Phi) is 11.6. The van der Waals surface area contributed by atoms with Crippen molar-refractivity contribution in [1.82, 2.24) is 10.3 Å². The fourth-order valence-electron chi connectivity index (χ4n) is 5.41. The molecule has 3 N–H and O–H groups in total. The van der Waals surface area contributed by atoms with Crippen LogP contribution in [0.5, 0.6) is 0 Å². The number of pyridine rings is 1. The first-order valence-corrected chi connectivity index (χ1v) is 18.3. The lowest BCUT2D eigenvalue weighted by Gasteiger charge is -2.29. The van der Waals surface area contributed by atoms with Crippen molar-refractivity contribution >= 4 is 45.1 Å². The summed E-state index contributed by atoms with van der Waals surface area (Å²) in [6.45, 7) is 1.65. The number of nitrogens with one attached hydrogen (secondary N) is 2. The van der Waals surface area contributed by atoms with Crippen LogP contribution in [-0.2, 0) is 28.6 Å². The molecule has 3 aromatic carbocycles. The number of alkyl halides is 3. The van der Waals surface area contributed by atoms with Gasteiger partial charge < -0.3 is 15.5 Å². The second-order valence-corrected chi connectivity index (χ2v) is 14.3. The van der Waals surface area contributed by atoms with E-state index in [1.165, 1.54) is 36.2 Å². The maximum atomic E-state index is 13.5. The molecule has 0 radical (unpaired) electrons. The zero-order valence-corrected chi connectivity index (χ0v) is 28.0. The third-order valence-corrected chi connectivity index (χ3v) is 9.93. The van der Waals surface area contributed by atoms with E-state index in [9.17, 15) is 31.2 Å². The van der Waals surface area contributed by atoms with Crippen molar-refractivity contribution in [3.63, 3.8) is 0 Å². The molecule has 49 heavy (non-hydrogen) atoms. The summed E-state index contributed by atoms with van der Waals surface area (Å²) < 4.78 is 70.4. The Labute approximate surface area is 287 Å². The smallest absolute Gasteiger partial charge is 0.372 e. The van der Waals surface area contributed by atoms with Gasteiger partial charge in [0, 0.05) is 59.7 Å². The van der Waals surface area contributed by atoms with E-state index >= 15 is 0 Å². The number of piperidine rings is 1. The van der Waals surface area contributed by atoms with Gasteiger partial charge in [0.05, 0.1) is 22.7 Å². The number of benzene rings is 3. The predicted octanol–water partition coefficient (Wildman–Crippen LogP) is 7.06. The van der Waals surface area contributed by atoms with Gasteiger partial charge >= 0.3 is 6.18 Å². The van der Waals surface area contributed by atoms with Gasteiger partial charge in [0.15, 0.2) is 0 Å². The molecule has 1 fully saturated rings. The van der Waals surface area contributed by atoms with Gasteiger partial charge in [-0.15, -0.1) is 0 Å². The molecule has 0 saturated carbocycles. The van der Waals surface area contributed by atoms with Crippen LogP contribution in [0, 0.1) is 0 Å². The Bertz CT molecular complexity index is 1920. The molecule has 2 heterocycles. The number of rotatable bonds is 12. The third kappa shape index (κ3) is 10.3. The molecule has 4 aromatic rings. The number of amides is 2. The summed E-state index contributed by atoms with van der Waals surface area (Å²) >= 11 is 1.32. The van der Waals surface area contributed by atoms with Gasteiger partial charge in [-0.2, -0.15) is 33.4 Å². The van der Waals surface area contributed by atoms with Gasteiger partial charge in [-0.3, -0.25) is 19.1 Å². The first kappa shape index (κ1) is 35.9. The summed E-state index contributed by atoms with van der Waals surface area (Å²) in [6, 6.07) is 20.5. The highest BCUT2D eigenvalue weighted by molar-refractivity contribution is 7.99. The number of carbonyl (C=O) groups is 2. The van der Waals surface area contributed by atoms with Crippen LogP contribution < -0.4 is 15.5 Å². The summed E-state index contributed by atoms with van der Waals surface area (Å²) in [4.78, 5) is 33.4. The highest BCUT2D eigenvalue weighted by Gasteiger charge is 2.30. The molecule has 0 unspecified atom stereocenters. The molecular formula is C35H35F3N4O5S2. The lowest BCUT2D eigenvalue weighted by atomic mass is 10.0. The second kappa shape index (κ2) is 15.9. The lowest BCUT2D eigenvalue weighted by Crippen LogP contribution is -2.29. The van der Waals surface area contributed by atoms with E-state index < -0.39 is 27.8 Å². The quantitative estimate of drug-likeness (QED) is 0.105. The van der Waals surface area contributed by atoms with Crippen LogP contribution in [0.25, 0.3) is 11.3 Å². The topological polar surface area (TPSA) is 129 Å². The Morgan fingerprint density at radius 3 is 2.37 bits per heavy atom. The lowest BCUT2D eigenvalue weighted by molar-refractivity contribution is -0.137. The van der Waals surface area contributed by atoms with E-state index in [-0.39, 0.29) is 29.5 Å².